The maximum absolute atomic E-state index is 13.4. The Morgan fingerprint density at radius 1 is 0.867 bits per heavy atom. The van der Waals surface area contributed by atoms with Crippen molar-refractivity contribution in [1.29, 1.82) is 0 Å². The van der Waals surface area contributed by atoms with Crippen LogP contribution in [0.5, 0.6) is 0 Å². The first kappa shape index (κ1) is 29.5. The summed E-state index contributed by atoms with van der Waals surface area (Å²) in [6.07, 6.45) is 0.0101. The van der Waals surface area contributed by atoms with Crippen LogP contribution in [0.3, 0.4) is 0 Å². The Morgan fingerprint density at radius 2 is 1.27 bits per heavy atom. The molecule has 178 valence electrons. The van der Waals surface area contributed by atoms with Gasteiger partial charge < -0.3 is 27.6 Å². The lowest BCUT2D eigenvalue weighted by Crippen LogP contribution is -2.26. The van der Waals surface area contributed by atoms with Crippen molar-refractivity contribution in [3.63, 3.8) is 0 Å². The largest absolute Gasteiger partial charge is 0.457 e. The molecule has 0 fully saturated rings. The molecule has 0 atom stereocenters. The highest BCUT2D eigenvalue weighted by Crippen LogP contribution is 2.71. The molecule has 9 nitrogen and oxygen atoms in total. The van der Waals surface area contributed by atoms with E-state index in [1.54, 1.807) is 48.5 Å². The van der Waals surface area contributed by atoms with Crippen LogP contribution in [0.15, 0.2) is 12.2 Å². The number of carbonyl (C=O) groups excluding carboxylic acids is 1. The molecule has 0 aliphatic rings. The van der Waals surface area contributed by atoms with Crippen LogP contribution in [0.2, 0.25) is 0 Å². The smallest absolute Gasteiger partial charge is 0.345 e. The highest BCUT2D eigenvalue weighted by Gasteiger charge is 2.50. The summed E-state index contributed by atoms with van der Waals surface area (Å²) in [5, 5.41) is -1.17. The van der Waals surface area contributed by atoms with Crippen molar-refractivity contribution in [1.82, 2.24) is 0 Å². The molecular weight excluding hydrogens is 434 g/mol. The first-order chi connectivity index (χ1) is 13.9. The molecule has 0 N–H and O–H groups in total. The molecule has 30 heavy (non-hydrogen) atoms. The minimum absolute atomic E-state index is 0.000756. The Hall–Kier alpha value is -0.530. The molecule has 0 unspecified atom stereocenters. The molecule has 0 aromatic carbocycles. The molecule has 0 radical (unpaired) electrons. The van der Waals surface area contributed by atoms with Crippen LogP contribution in [0.4, 0.5) is 0 Å². The van der Waals surface area contributed by atoms with Gasteiger partial charge in [0.05, 0.1) is 38.6 Å². The molecule has 0 aromatic rings. The molecule has 0 aliphatic carbocycles. The summed E-state index contributed by atoms with van der Waals surface area (Å²) < 4.78 is 59.1. The minimum atomic E-state index is -3.83. The van der Waals surface area contributed by atoms with Crippen molar-refractivity contribution in [3.05, 3.63) is 12.2 Å². The van der Waals surface area contributed by atoms with Crippen LogP contribution in [-0.4, -0.2) is 56.6 Å². The number of hydrogen-bond acceptors (Lipinski definition) is 9. The standard InChI is InChI=1S/C19H38O9P2/c1-9-24-29(21,25-10-2)17(30(22,26-11-3)27-12-4)13-14-23-15-16(5)18(20)28-19(6,7)8/h17H,5,9-15H2,1-4,6-8H3. The van der Waals surface area contributed by atoms with Crippen molar-refractivity contribution in [2.24, 2.45) is 0 Å². The normalized spacial score (nSPS) is 12.9. The van der Waals surface area contributed by atoms with Gasteiger partial charge in [0.2, 0.25) is 0 Å². The topological polar surface area (TPSA) is 107 Å². The Morgan fingerprint density at radius 3 is 1.60 bits per heavy atom. The maximum Gasteiger partial charge on any atom is 0.345 e. The number of carbonyl (C=O) groups is 1. The second kappa shape index (κ2) is 13.8. The van der Waals surface area contributed by atoms with Gasteiger partial charge in [-0.15, -0.1) is 0 Å². The van der Waals surface area contributed by atoms with Crippen LogP contribution >= 0.6 is 15.2 Å². The molecule has 0 saturated heterocycles. The number of esters is 1. The SMILES string of the molecule is C=C(COCCC(P(=O)(OCC)OCC)P(=O)(OCC)OCC)C(=O)OC(C)(C)C. The van der Waals surface area contributed by atoms with E-state index < -0.39 is 32.2 Å². The lowest BCUT2D eigenvalue weighted by molar-refractivity contribution is -0.150. The monoisotopic (exact) mass is 472 g/mol. The van der Waals surface area contributed by atoms with Gasteiger partial charge in [0.25, 0.3) is 0 Å². The van der Waals surface area contributed by atoms with Gasteiger partial charge in [-0.3, -0.25) is 9.13 Å². The second-order valence-corrected chi connectivity index (χ2v) is 12.0. The summed E-state index contributed by atoms with van der Waals surface area (Å²) >= 11 is 0. The van der Waals surface area contributed by atoms with Crippen LogP contribution in [0, 0.1) is 0 Å². The minimum Gasteiger partial charge on any atom is -0.457 e. The van der Waals surface area contributed by atoms with Crippen LogP contribution in [0.1, 0.15) is 54.9 Å². The summed E-state index contributed by atoms with van der Waals surface area (Å²) in [7, 11) is -7.66. The van der Waals surface area contributed by atoms with E-state index in [9.17, 15) is 13.9 Å². The molecule has 0 aromatic heterocycles. The summed E-state index contributed by atoms with van der Waals surface area (Å²) in [5.41, 5.74) is -0.508. The molecular formula is C19H38O9P2. The van der Waals surface area contributed by atoms with Crippen molar-refractivity contribution in [2.45, 2.75) is 65.9 Å². The predicted molar refractivity (Wildman–Crippen MR) is 116 cm³/mol. The van der Waals surface area contributed by atoms with E-state index in [0.29, 0.717) is 0 Å². The van der Waals surface area contributed by atoms with Gasteiger partial charge in [-0.1, -0.05) is 6.58 Å². The van der Waals surface area contributed by atoms with E-state index in [-0.39, 0.29) is 51.6 Å². The molecule has 11 heteroatoms. The van der Waals surface area contributed by atoms with E-state index in [1.807, 2.05) is 0 Å². The fourth-order valence-corrected chi connectivity index (χ4v) is 7.73. The highest BCUT2D eigenvalue weighted by molar-refractivity contribution is 7.72. The quantitative estimate of drug-likeness (QED) is 0.130. The van der Waals surface area contributed by atoms with Crippen molar-refractivity contribution in [2.75, 3.05) is 39.6 Å². The Balaban J connectivity index is 5.32. The second-order valence-electron chi connectivity index (χ2n) is 7.18. The zero-order valence-electron chi connectivity index (χ0n) is 19.3. The van der Waals surface area contributed by atoms with E-state index >= 15 is 0 Å². The molecule has 0 spiro atoms. The number of ether oxygens (including phenoxy) is 2. The fraction of sp³-hybridized carbons (Fsp3) is 0.842. The third kappa shape index (κ3) is 10.2. The summed E-state index contributed by atoms with van der Waals surface area (Å²) in [4.78, 5) is 12.0. The molecule has 0 aliphatic heterocycles. The van der Waals surface area contributed by atoms with Gasteiger partial charge in [0.15, 0.2) is 5.40 Å². The summed E-state index contributed by atoms with van der Waals surface area (Å²) in [6, 6.07) is 0. The van der Waals surface area contributed by atoms with Crippen molar-refractivity contribution in [3.8, 4) is 0 Å². The molecule has 0 rings (SSSR count). The Bertz CT molecular complexity index is 578. The van der Waals surface area contributed by atoms with Gasteiger partial charge in [-0.25, -0.2) is 4.79 Å². The van der Waals surface area contributed by atoms with Crippen LogP contribution in [0.25, 0.3) is 0 Å². The van der Waals surface area contributed by atoms with Crippen molar-refractivity contribution < 1.29 is 41.5 Å². The Labute approximate surface area is 180 Å². The third-order valence-corrected chi connectivity index (χ3v) is 9.60. The van der Waals surface area contributed by atoms with Gasteiger partial charge in [0, 0.05) is 6.61 Å². The molecule has 0 saturated carbocycles. The zero-order valence-corrected chi connectivity index (χ0v) is 21.1. The van der Waals surface area contributed by atoms with E-state index in [0.717, 1.165) is 0 Å². The average molecular weight is 472 g/mol. The third-order valence-electron chi connectivity index (χ3n) is 3.45. The first-order valence-corrected chi connectivity index (χ1v) is 13.4. The molecule has 0 bridgehead atoms. The van der Waals surface area contributed by atoms with Gasteiger partial charge in [0.1, 0.15) is 5.60 Å². The lowest BCUT2D eigenvalue weighted by atomic mass is 10.2. The van der Waals surface area contributed by atoms with E-state index in [1.165, 1.54) is 0 Å². The van der Waals surface area contributed by atoms with Gasteiger partial charge in [-0.2, -0.15) is 0 Å². The van der Waals surface area contributed by atoms with Crippen LogP contribution < -0.4 is 0 Å². The fourth-order valence-electron chi connectivity index (χ4n) is 2.42. The number of hydrogen-bond donors (Lipinski definition) is 0. The first-order valence-electron chi connectivity index (χ1n) is 10.2. The maximum atomic E-state index is 13.4. The molecule has 0 heterocycles. The van der Waals surface area contributed by atoms with E-state index in [2.05, 4.69) is 6.58 Å². The average Bonchev–Trinajstić information content (AvgIpc) is 2.60. The van der Waals surface area contributed by atoms with E-state index in [4.69, 9.17) is 27.6 Å². The lowest BCUT2D eigenvalue weighted by Gasteiger charge is -2.31. The van der Waals surface area contributed by atoms with Crippen LogP contribution in [-0.2, 0) is 41.5 Å². The zero-order chi connectivity index (χ0) is 23.4. The number of rotatable bonds is 16. The van der Waals surface area contributed by atoms with Gasteiger partial charge >= 0.3 is 21.2 Å². The molecule has 0 amide bonds. The summed E-state index contributed by atoms with van der Waals surface area (Å²) in [6.45, 7) is 15.9. The Kier molecular flexibility index (Phi) is 13.5. The summed E-state index contributed by atoms with van der Waals surface area (Å²) in [5.74, 6) is -0.567. The van der Waals surface area contributed by atoms with Crippen molar-refractivity contribution >= 4 is 21.2 Å². The highest BCUT2D eigenvalue weighted by atomic mass is 31.2. The predicted octanol–water partition coefficient (Wildman–Crippen LogP) is 5.15. The van der Waals surface area contributed by atoms with Gasteiger partial charge in [-0.05, 0) is 54.9 Å².